The average molecular weight is 523 g/mol. The molecule has 0 atom stereocenters. The number of nitrogens with one attached hydrogen (secondary N) is 1. The summed E-state index contributed by atoms with van der Waals surface area (Å²) < 4.78 is 55.9. The number of nitrogens with zero attached hydrogens (tertiary/aromatic N) is 3. The van der Waals surface area contributed by atoms with Gasteiger partial charge in [-0.2, -0.15) is 18.3 Å². The molecule has 36 heavy (non-hydrogen) atoms. The van der Waals surface area contributed by atoms with Gasteiger partial charge in [0.25, 0.3) is 5.91 Å². The molecule has 0 saturated heterocycles. The normalized spacial score (nSPS) is 20.5. The molecule has 1 heterocycles. The molecule has 10 heteroatoms. The number of alkyl halides is 3. The number of carbonyl (C=O) groups is 1. The van der Waals surface area contributed by atoms with E-state index in [1.165, 1.54) is 36.4 Å². The number of carbonyl (C=O) groups excluding carboxylic acids is 1. The van der Waals surface area contributed by atoms with Crippen molar-refractivity contribution in [2.24, 2.45) is 0 Å². The Morgan fingerprint density at radius 3 is 2.28 bits per heavy atom. The highest BCUT2D eigenvalue weighted by Crippen LogP contribution is 2.37. The van der Waals surface area contributed by atoms with E-state index in [1.54, 1.807) is 12.1 Å². The number of aromatic nitrogens is 2. The van der Waals surface area contributed by atoms with Gasteiger partial charge in [0.15, 0.2) is 5.69 Å². The Labute approximate surface area is 212 Å². The van der Waals surface area contributed by atoms with Crippen molar-refractivity contribution in [3.8, 4) is 5.69 Å². The fourth-order valence-corrected chi connectivity index (χ4v) is 5.02. The Hall–Kier alpha value is -2.91. The smallest absolute Gasteiger partial charge is 0.349 e. The zero-order valence-electron chi connectivity index (χ0n) is 19.9. The van der Waals surface area contributed by atoms with E-state index in [0.29, 0.717) is 29.0 Å². The highest BCUT2D eigenvalue weighted by molar-refractivity contribution is 6.30. The molecular formula is C26H27ClF4N4O. The van der Waals surface area contributed by atoms with Crippen molar-refractivity contribution in [2.45, 2.75) is 49.9 Å². The zero-order chi connectivity index (χ0) is 26.1. The predicted octanol–water partition coefficient (Wildman–Crippen LogP) is 5.90. The highest BCUT2D eigenvalue weighted by atomic mass is 35.5. The van der Waals surface area contributed by atoms with E-state index in [0.717, 1.165) is 24.6 Å². The number of hydrogen-bond acceptors (Lipinski definition) is 3. The van der Waals surface area contributed by atoms with Crippen LogP contribution >= 0.6 is 11.6 Å². The number of amides is 1. The third-order valence-electron chi connectivity index (χ3n) is 7.00. The van der Waals surface area contributed by atoms with Crippen molar-refractivity contribution < 1.29 is 22.4 Å². The molecule has 3 aromatic rings. The molecule has 1 saturated carbocycles. The lowest BCUT2D eigenvalue weighted by atomic mass is 9.74. The van der Waals surface area contributed by atoms with Gasteiger partial charge in [-0.25, -0.2) is 9.07 Å². The van der Waals surface area contributed by atoms with Crippen LogP contribution in [0.15, 0.2) is 54.7 Å². The second-order valence-electron chi connectivity index (χ2n) is 9.46. The minimum absolute atomic E-state index is 0.153. The molecule has 192 valence electrons. The minimum Gasteiger partial charge on any atom is -0.349 e. The summed E-state index contributed by atoms with van der Waals surface area (Å²) in [5.74, 6) is -1.09. The van der Waals surface area contributed by atoms with Gasteiger partial charge >= 0.3 is 6.18 Å². The molecule has 1 amide bonds. The topological polar surface area (TPSA) is 50.2 Å². The first-order chi connectivity index (χ1) is 17.0. The first-order valence-electron chi connectivity index (χ1n) is 11.6. The Morgan fingerprint density at radius 1 is 1.11 bits per heavy atom. The van der Waals surface area contributed by atoms with E-state index in [4.69, 9.17) is 11.6 Å². The predicted molar refractivity (Wildman–Crippen MR) is 130 cm³/mol. The van der Waals surface area contributed by atoms with Crippen LogP contribution in [0, 0.1) is 5.82 Å². The highest BCUT2D eigenvalue weighted by Gasteiger charge is 2.42. The Bertz CT molecular complexity index is 1200. The maximum atomic E-state index is 14.0. The second kappa shape index (κ2) is 10.2. The fraction of sp³-hybridized carbons (Fsp3) is 0.385. The Kier molecular flexibility index (Phi) is 7.43. The average Bonchev–Trinajstić information content (AvgIpc) is 3.28. The molecule has 5 nitrogen and oxygen atoms in total. The van der Waals surface area contributed by atoms with Gasteiger partial charge in [0.1, 0.15) is 5.82 Å². The fourth-order valence-electron chi connectivity index (χ4n) is 4.89. The first kappa shape index (κ1) is 26.2. The van der Waals surface area contributed by atoms with Gasteiger partial charge in [0.2, 0.25) is 0 Å². The van der Waals surface area contributed by atoms with Crippen LogP contribution in [0.2, 0.25) is 5.02 Å². The number of likely N-dealkylation sites (N-methyl/N-ethyl adjacent to an activating group) is 1. The molecule has 0 unspecified atom stereocenters. The molecule has 4 rings (SSSR count). The lowest BCUT2D eigenvalue weighted by Crippen LogP contribution is -2.52. The third kappa shape index (κ3) is 5.57. The molecule has 0 spiro atoms. The van der Waals surface area contributed by atoms with Gasteiger partial charge in [-0.3, -0.25) is 4.79 Å². The van der Waals surface area contributed by atoms with E-state index in [-0.39, 0.29) is 23.1 Å². The quantitative estimate of drug-likeness (QED) is 0.410. The van der Waals surface area contributed by atoms with Crippen molar-refractivity contribution in [3.05, 3.63) is 82.4 Å². The van der Waals surface area contributed by atoms with Crippen molar-refractivity contribution in [1.82, 2.24) is 20.0 Å². The maximum Gasteiger partial charge on any atom is 0.434 e. The molecule has 1 aromatic heterocycles. The number of rotatable bonds is 6. The van der Waals surface area contributed by atoms with Crippen LogP contribution in [-0.2, 0) is 12.6 Å². The van der Waals surface area contributed by atoms with Crippen molar-refractivity contribution in [1.29, 1.82) is 0 Å². The van der Waals surface area contributed by atoms with Crippen LogP contribution in [0.25, 0.3) is 5.69 Å². The summed E-state index contributed by atoms with van der Waals surface area (Å²) in [5, 5.41) is 7.02. The third-order valence-corrected chi connectivity index (χ3v) is 7.25. The van der Waals surface area contributed by atoms with Gasteiger partial charge in [-0.1, -0.05) is 23.7 Å². The van der Waals surface area contributed by atoms with E-state index >= 15 is 0 Å². The van der Waals surface area contributed by atoms with Crippen molar-refractivity contribution >= 4 is 17.5 Å². The van der Waals surface area contributed by atoms with Gasteiger partial charge < -0.3 is 10.2 Å². The van der Waals surface area contributed by atoms with Gasteiger partial charge in [-0.15, -0.1) is 0 Å². The lowest BCUT2D eigenvalue weighted by molar-refractivity contribution is -0.143. The largest absolute Gasteiger partial charge is 0.434 e. The monoisotopic (exact) mass is 522 g/mol. The standard InChI is InChI=1S/C26H27ClF4N4O/c1-34(2)25(15-17-3-7-19(28)8-4-17)13-11-20(12-14-25)33-24(36)22-16-32-35(23(22)26(29,30)31)21-9-5-18(27)6-10-21/h3-10,16,20H,11-15H2,1-2H3,(H,33,36). The summed E-state index contributed by atoms with van der Waals surface area (Å²) in [7, 11) is 3.98. The molecule has 1 aliphatic carbocycles. The van der Waals surface area contributed by atoms with Crippen LogP contribution in [0.5, 0.6) is 0 Å². The molecule has 1 N–H and O–H groups in total. The van der Waals surface area contributed by atoms with Gasteiger partial charge in [0.05, 0.1) is 17.4 Å². The van der Waals surface area contributed by atoms with E-state index in [9.17, 15) is 22.4 Å². The maximum absolute atomic E-state index is 14.0. The number of hydrogen-bond donors (Lipinski definition) is 1. The van der Waals surface area contributed by atoms with Crippen LogP contribution in [0.3, 0.4) is 0 Å². The van der Waals surface area contributed by atoms with E-state index in [2.05, 4.69) is 15.3 Å². The molecule has 0 radical (unpaired) electrons. The van der Waals surface area contributed by atoms with Crippen LogP contribution in [-0.4, -0.2) is 46.3 Å². The zero-order valence-corrected chi connectivity index (χ0v) is 20.7. The SMILES string of the molecule is CN(C)C1(Cc2ccc(F)cc2)CCC(NC(=O)c2cnn(-c3ccc(Cl)cc3)c2C(F)(F)F)CC1. The Balaban J connectivity index is 1.49. The van der Waals surface area contributed by atoms with Crippen molar-refractivity contribution in [2.75, 3.05) is 14.1 Å². The summed E-state index contributed by atoms with van der Waals surface area (Å²) >= 11 is 5.85. The van der Waals surface area contributed by atoms with Crippen LogP contribution in [0.4, 0.5) is 17.6 Å². The van der Waals surface area contributed by atoms with Crippen molar-refractivity contribution in [3.63, 3.8) is 0 Å². The lowest BCUT2D eigenvalue weighted by Gasteiger charge is -2.45. The number of halogens is 5. The summed E-state index contributed by atoms with van der Waals surface area (Å²) in [6.45, 7) is 0. The molecular weight excluding hydrogens is 496 g/mol. The Morgan fingerprint density at radius 2 is 1.72 bits per heavy atom. The molecule has 0 bridgehead atoms. The minimum atomic E-state index is -4.79. The number of benzene rings is 2. The van der Waals surface area contributed by atoms with Gasteiger partial charge in [0, 0.05) is 16.6 Å². The van der Waals surface area contributed by atoms with Crippen LogP contribution < -0.4 is 5.32 Å². The summed E-state index contributed by atoms with van der Waals surface area (Å²) in [6.07, 6.45) is -0.432. The van der Waals surface area contributed by atoms with E-state index in [1.807, 2.05) is 14.1 Å². The summed E-state index contributed by atoms with van der Waals surface area (Å²) in [6, 6.07) is 11.9. The summed E-state index contributed by atoms with van der Waals surface area (Å²) in [4.78, 5) is 15.1. The molecule has 1 fully saturated rings. The summed E-state index contributed by atoms with van der Waals surface area (Å²) in [5.41, 5.74) is -0.669. The van der Waals surface area contributed by atoms with Gasteiger partial charge in [-0.05, 0) is 88.2 Å². The first-order valence-corrected chi connectivity index (χ1v) is 12.0. The van der Waals surface area contributed by atoms with Crippen LogP contribution in [0.1, 0.15) is 47.3 Å². The molecule has 1 aliphatic rings. The second-order valence-corrected chi connectivity index (χ2v) is 9.90. The molecule has 2 aromatic carbocycles. The van der Waals surface area contributed by atoms with E-state index < -0.39 is 23.3 Å². The molecule has 0 aliphatic heterocycles.